The first-order valence-corrected chi connectivity index (χ1v) is 8.83. The van der Waals surface area contributed by atoms with Gasteiger partial charge in [0.05, 0.1) is 25.0 Å². The Morgan fingerprint density at radius 2 is 2.10 bits per heavy atom. The number of aromatic nitrogens is 4. The van der Waals surface area contributed by atoms with E-state index in [2.05, 4.69) is 15.0 Å². The number of aliphatic hydroxyl groups is 2. The number of carboxylic acid groups (broad SMARTS) is 1. The van der Waals surface area contributed by atoms with Crippen molar-refractivity contribution in [3.05, 3.63) is 16.7 Å². The van der Waals surface area contributed by atoms with Crippen LogP contribution in [-0.4, -0.2) is 72.8 Å². The van der Waals surface area contributed by atoms with E-state index in [1.807, 2.05) is 5.32 Å². The van der Waals surface area contributed by atoms with Crippen LogP contribution in [0, 0.1) is 5.41 Å². The summed E-state index contributed by atoms with van der Waals surface area (Å²) in [7, 11) is 0. The topological polar surface area (TPSA) is 206 Å². The highest BCUT2D eigenvalue weighted by molar-refractivity contribution is 5.80. The van der Waals surface area contributed by atoms with Gasteiger partial charge in [0.1, 0.15) is 12.6 Å². The number of aromatic amines is 1. The molecule has 0 saturated heterocycles. The van der Waals surface area contributed by atoms with Gasteiger partial charge in [-0.25, -0.2) is 14.6 Å². The van der Waals surface area contributed by atoms with E-state index in [4.69, 9.17) is 15.6 Å². The van der Waals surface area contributed by atoms with E-state index in [-0.39, 0.29) is 43.1 Å². The number of ether oxygens (including phenoxy) is 1. The number of nitrogens with zero attached hydrogens (tertiary/aromatic N) is 3. The number of nitrogens with two attached hydrogens (primary N) is 1. The minimum atomic E-state index is -1.36. The number of nitrogens with one attached hydrogen (secondary N) is 2. The summed E-state index contributed by atoms with van der Waals surface area (Å²) in [5.41, 5.74) is 4.20. The van der Waals surface area contributed by atoms with Crippen LogP contribution in [0.3, 0.4) is 0 Å². The van der Waals surface area contributed by atoms with Gasteiger partial charge in [-0.15, -0.1) is 0 Å². The number of hydrogen-bond acceptors (Lipinski definition) is 9. The average Bonchev–Trinajstić information content (AvgIpc) is 3.09. The van der Waals surface area contributed by atoms with Crippen LogP contribution in [0.15, 0.2) is 11.1 Å². The molecule has 0 bridgehead atoms. The van der Waals surface area contributed by atoms with Gasteiger partial charge in [0.15, 0.2) is 11.2 Å². The van der Waals surface area contributed by atoms with Crippen molar-refractivity contribution >= 4 is 29.2 Å². The normalized spacial score (nSPS) is 12.7. The molecule has 0 saturated carbocycles. The highest BCUT2D eigenvalue weighted by Gasteiger charge is 2.32. The van der Waals surface area contributed by atoms with Gasteiger partial charge in [0, 0.05) is 6.54 Å². The Hall–Kier alpha value is -3.19. The van der Waals surface area contributed by atoms with Gasteiger partial charge in [-0.05, 0) is 12.8 Å². The van der Waals surface area contributed by atoms with Crippen LogP contribution in [-0.2, 0) is 16.1 Å². The highest BCUT2D eigenvalue weighted by atomic mass is 16.5. The van der Waals surface area contributed by atoms with Gasteiger partial charge < -0.3 is 35.7 Å². The monoisotopic (exact) mass is 412 g/mol. The number of aryl methyl sites for hydroxylation is 1. The maximum Gasteiger partial charge on any atom is 0.405 e. The fourth-order valence-corrected chi connectivity index (χ4v) is 2.67. The van der Waals surface area contributed by atoms with Crippen molar-refractivity contribution in [2.24, 2.45) is 5.41 Å². The maximum absolute atomic E-state index is 12.1. The van der Waals surface area contributed by atoms with E-state index < -0.39 is 42.3 Å². The predicted octanol–water partition coefficient (Wildman–Crippen LogP) is -1.35. The lowest BCUT2D eigenvalue weighted by Crippen LogP contribution is -2.43. The molecule has 13 heteroatoms. The number of amides is 1. The Balaban J connectivity index is 2.10. The lowest BCUT2D eigenvalue weighted by molar-refractivity contribution is -0.152. The number of carbonyl (C=O) groups excluding carboxylic acids is 1. The highest BCUT2D eigenvalue weighted by Crippen LogP contribution is 2.24. The van der Waals surface area contributed by atoms with E-state index >= 15 is 0 Å². The first-order valence-electron chi connectivity index (χ1n) is 8.83. The van der Waals surface area contributed by atoms with Gasteiger partial charge in [0.25, 0.3) is 5.56 Å². The molecule has 0 aromatic carbocycles. The van der Waals surface area contributed by atoms with Gasteiger partial charge in [-0.3, -0.25) is 9.78 Å². The number of aliphatic hydroxyl groups excluding tert-OH is 2. The van der Waals surface area contributed by atoms with Crippen LogP contribution in [0.2, 0.25) is 0 Å². The van der Waals surface area contributed by atoms with Crippen LogP contribution in [0.1, 0.15) is 19.8 Å². The molecule has 1 atom stereocenters. The quantitative estimate of drug-likeness (QED) is 0.253. The van der Waals surface area contributed by atoms with Crippen molar-refractivity contribution in [3.8, 4) is 0 Å². The first kappa shape index (κ1) is 22.1. The molecule has 2 aromatic rings. The molecular formula is C16H24N6O7. The third-order valence-electron chi connectivity index (χ3n) is 4.56. The maximum atomic E-state index is 12.1. The molecule has 2 heterocycles. The molecule has 0 aliphatic carbocycles. The molecule has 2 aromatic heterocycles. The van der Waals surface area contributed by atoms with Crippen molar-refractivity contribution in [2.75, 3.05) is 25.6 Å². The van der Waals surface area contributed by atoms with E-state index in [0.29, 0.717) is 0 Å². The zero-order valence-electron chi connectivity index (χ0n) is 15.8. The summed E-state index contributed by atoms with van der Waals surface area (Å²) >= 11 is 0. The lowest BCUT2D eigenvalue weighted by Gasteiger charge is -2.30. The summed E-state index contributed by atoms with van der Waals surface area (Å²) in [6.45, 7) is 0.470. The van der Waals surface area contributed by atoms with Crippen molar-refractivity contribution in [3.63, 3.8) is 0 Å². The average molecular weight is 412 g/mol. The Morgan fingerprint density at radius 3 is 2.69 bits per heavy atom. The molecule has 0 aliphatic rings. The van der Waals surface area contributed by atoms with Crippen molar-refractivity contribution in [1.29, 1.82) is 0 Å². The summed E-state index contributed by atoms with van der Waals surface area (Å²) in [6, 6.07) is -1.06. The molecule has 160 valence electrons. The lowest BCUT2D eigenvalue weighted by atomic mass is 9.87. The summed E-state index contributed by atoms with van der Waals surface area (Å²) < 4.78 is 6.67. The molecule has 0 radical (unpaired) electrons. The molecule has 1 unspecified atom stereocenters. The molecule has 2 rings (SSSR count). The molecular weight excluding hydrogens is 388 g/mol. The predicted molar refractivity (Wildman–Crippen MR) is 100.0 cm³/mol. The molecule has 0 fully saturated rings. The first-order chi connectivity index (χ1) is 13.7. The van der Waals surface area contributed by atoms with E-state index in [1.165, 1.54) is 10.9 Å². The van der Waals surface area contributed by atoms with Crippen LogP contribution in [0.25, 0.3) is 11.2 Å². The summed E-state index contributed by atoms with van der Waals surface area (Å²) in [6.07, 6.45) is 0.343. The number of H-pyrrole nitrogens is 1. The molecule has 1 amide bonds. The molecule has 0 spiro atoms. The summed E-state index contributed by atoms with van der Waals surface area (Å²) in [4.78, 5) is 45.0. The molecule has 0 aliphatic heterocycles. The van der Waals surface area contributed by atoms with Crippen LogP contribution >= 0.6 is 0 Å². The molecule has 13 nitrogen and oxygen atoms in total. The number of nitrogen functional groups attached to an aromatic ring is 1. The standard InChI is InChI=1S/C16H24N6O7/c1-2-9(19-15(27)28)13(26)29-7-16(5-23,6-24)3-4-22-8-18-10-11(22)20-14(17)21-12(10)25/h8-9,19,23-24H,2-7H2,1H3,(H,27,28)(H3,17,20,21,25). The Kier molecular flexibility index (Phi) is 7.12. The molecule has 7 N–H and O–H groups in total. The fraction of sp³-hybridized carbons (Fsp3) is 0.562. The fourth-order valence-electron chi connectivity index (χ4n) is 2.67. The van der Waals surface area contributed by atoms with Crippen LogP contribution in [0.4, 0.5) is 10.7 Å². The molecule has 29 heavy (non-hydrogen) atoms. The SMILES string of the molecule is CCC(NC(=O)O)C(=O)OCC(CO)(CO)CCn1cnc2c(=O)[nH]c(N)nc21. The minimum absolute atomic E-state index is 0.0784. The van der Waals surface area contributed by atoms with Crippen molar-refractivity contribution in [1.82, 2.24) is 24.8 Å². The number of carbonyl (C=O) groups is 2. The third kappa shape index (κ3) is 5.20. The van der Waals surface area contributed by atoms with Crippen LogP contribution < -0.4 is 16.6 Å². The van der Waals surface area contributed by atoms with E-state index in [1.54, 1.807) is 6.92 Å². The minimum Gasteiger partial charge on any atom is -0.465 e. The second-order valence-corrected chi connectivity index (χ2v) is 6.65. The van der Waals surface area contributed by atoms with E-state index in [0.717, 1.165) is 0 Å². The second-order valence-electron chi connectivity index (χ2n) is 6.65. The Morgan fingerprint density at radius 1 is 1.41 bits per heavy atom. The Labute approximate surface area is 164 Å². The zero-order valence-corrected chi connectivity index (χ0v) is 15.8. The van der Waals surface area contributed by atoms with Gasteiger partial charge in [-0.2, -0.15) is 4.98 Å². The van der Waals surface area contributed by atoms with Crippen LogP contribution in [0.5, 0.6) is 0 Å². The number of esters is 1. The number of imidazole rings is 1. The third-order valence-corrected chi connectivity index (χ3v) is 4.56. The number of rotatable bonds is 10. The van der Waals surface area contributed by atoms with Gasteiger partial charge in [0.2, 0.25) is 5.95 Å². The number of fused-ring (bicyclic) bond motifs is 1. The smallest absolute Gasteiger partial charge is 0.405 e. The number of anilines is 1. The Bertz CT molecular complexity index is 920. The number of hydrogen-bond donors (Lipinski definition) is 6. The summed E-state index contributed by atoms with van der Waals surface area (Å²) in [5, 5.41) is 30.4. The van der Waals surface area contributed by atoms with Crippen molar-refractivity contribution < 1.29 is 29.6 Å². The van der Waals surface area contributed by atoms with E-state index in [9.17, 15) is 24.6 Å². The van der Waals surface area contributed by atoms with Gasteiger partial charge >= 0.3 is 12.1 Å². The zero-order chi connectivity index (χ0) is 21.6. The van der Waals surface area contributed by atoms with Gasteiger partial charge in [-0.1, -0.05) is 6.92 Å². The second kappa shape index (κ2) is 9.34. The van der Waals surface area contributed by atoms with Crippen molar-refractivity contribution in [2.45, 2.75) is 32.4 Å². The summed E-state index contributed by atoms with van der Waals surface area (Å²) in [5.74, 6) is -0.888. The largest absolute Gasteiger partial charge is 0.465 e.